The summed E-state index contributed by atoms with van der Waals surface area (Å²) in [4.78, 5) is 0. The lowest BCUT2D eigenvalue weighted by atomic mass is 10.2. The number of methoxy groups -OCH3 is 1. The molecule has 4 nitrogen and oxygen atoms in total. The molecule has 0 bridgehead atoms. The summed E-state index contributed by atoms with van der Waals surface area (Å²) >= 11 is 0. The SMILES string of the molecule is COCCN=NNc1ccc(C)cc1. The van der Waals surface area contributed by atoms with Crippen LogP contribution < -0.4 is 5.43 Å². The molecule has 0 aliphatic rings. The van der Waals surface area contributed by atoms with Gasteiger partial charge in [-0.1, -0.05) is 22.9 Å². The molecule has 1 N–H and O–H groups in total. The second kappa shape index (κ2) is 6.10. The number of rotatable bonds is 5. The first-order valence-electron chi connectivity index (χ1n) is 4.51. The molecule has 0 atom stereocenters. The van der Waals surface area contributed by atoms with E-state index in [4.69, 9.17) is 4.74 Å². The summed E-state index contributed by atoms with van der Waals surface area (Å²) < 4.78 is 4.83. The van der Waals surface area contributed by atoms with E-state index >= 15 is 0 Å². The van der Waals surface area contributed by atoms with Crippen LogP contribution in [-0.4, -0.2) is 20.3 Å². The molecule has 14 heavy (non-hydrogen) atoms. The predicted octanol–water partition coefficient (Wildman–Crippen LogP) is 2.42. The number of nitrogens with zero attached hydrogens (tertiary/aromatic N) is 2. The van der Waals surface area contributed by atoms with Gasteiger partial charge in [-0.15, -0.1) is 0 Å². The van der Waals surface area contributed by atoms with Crippen molar-refractivity contribution in [1.29, 1.82) is 0 Å². The summed E-state index contributed by atoms with van der Waals surface area (Å²) in [6.07, 6.45) is 0. The van der Waals surface area contributed by atoms with Crippen molar-refractivity contribution in [2.45, 2.75) is 6.92 Å². The second-order valence-electron chi connectivity index (χ2n) is 2.94. The molecular formula is C10H15N3O. The third-order valence-corrected chi connectivity index (χ3v) is 1.70. The van der Waals surface area contributed by atoms with Crippen LogP contribution in [0.4, 0.5) is 5.69 Å². The summed E-state index contributed by atoms with van der Waals surface area (Å²) in [5.41, 5.74) is 5.00. The Hall–Kier alpha value is -1.42. The number of hydrogen-bond donors (Lipinski definition) is 1. The fraction of sp³-hybridized carbons (Fsp3) is 0.400. The number of nitrogens with one attached hydrogen (secondary N) is 1. The lowest BCUT2D eigenvalue weighted by Gasteiger charge is -1.98. The van der Waals surface area contributed by atoms with E-state index in [0.717, 1.165) is 5.69 Å². The maximum absolute atomic E-state index is 4.83. The molecule has 1 aromatic carbocycles. The van der Waals surface area contributed by atoms with Crippen LogP contribution in [0.25, 0.3) is 0 Å². The zero-order chi connectivity index (χ0) is 10.2. The van der Waals surface area contributed by atoms with Crippen molar-refractivity contribution in [3.8, 4) is 0 Å². The van der Waals surface area contributed by atoms with Crippen molar-refractivity contribution in [2.75, 3.05) is 25.7 Å². The Balaban J connectivity index is 2.30. The van der Waals surface area contributed by atoms with Gasteiger partial charge in [0, 0.05) is 7.11 Å². The normalized spacial score (nSPS) is 10.7. The quantitative estimate of drug-likeness (QED) is 0.443. The van der Waals surface area contributed by atoms with Crippen molar-refractivity contribution < 1.29 is 4.74 Å². The monoisotopic (exact) mass is 193 g/mol. The Morgan fingerprint density at radius 2 is 2.00 bits per heavy atom. The molecule has 4 heteroatoms. The van der Waals surface area contributed by atoms with Crippen LogP contribution in [0.3, 0.4) is 0 Å². The molecule has 0 unspecified atom stereocenters. The summed E-state index contributed by atoms with van der Waals surface area (Å²) in [5, 5.41) is 7.67. The van der Waals surface area contributed by atoms with E-state index in [1.807, 2.05) is 31.2 Å². The van der Waals surface area contributed by atoms with E-state index in [1.54, 1.807) is 7.11 Å². The van der Waals surface area contributed by atoms with Crippen LogP contribution in [-0.2, 0) is 4.74 Å². The van der Waals surface area contributed by atoms with Gasteiger partial charge in [-0.2, -0.15) is 5.11 Å². The van der Waals surface area contributed by atoms with Gasteiger partial charge in [0.1, 0.15) is 0 Å². The van der Waals surface area contributed by atoms with E-state index in [0.29, 0.717) is 13.2 Å². The standard InChI is InChI=1S/C10H15N3O/c1-9-3-5-10(6-4-9)12-13-11-7-8-14-2/h3-6H,7-8H2,1-2H3,(H,11,12). The Labute approximate surface area is 84.0 Å². The number of anilines is 1. The Morgan fingerprint density at radius 3 is 2.64 bits per heavy atom. The third-order valence-electron chi connectivity index (χ3n) is 1.70. The molecule has 0 heterocycles. The number of aryl methyl sites for hydroxylation is 1. The van der Waals surface area contributed by atoms with E-state index in [9.17, 15) is 0 Å². The van der Waals surface area contributed by atoms with Crippen molar-refractivity contribution in [1.82, 2.24) is 0 Å². The molecular weight excluding hydrogens is 178 g/mol. The molecule has 1 aromatic rings. The zero-order valence-corrected chi connectivity index (χ0v) is 8.53. The topological polar surface area (TPSA) is 46.0 Å². The molecule has 0 aromatic heterocycles. The zero-order valence-electron chi connectivity index (χ0n) is 8.53. The Kier molecular flexibility index (Phi) is 4.64. The molecule has 0 fully saturated rings. The minimum Gasteiger partial charge on any atom is -0.383 e. The van der Waals surface area contributed by atoms with Gasteiger partial charge in [0.15, 0.2) is 0 Å². The Bertz CT molecular complexity index is 282. The molecule has 0 saturated carbocycles. The van der Waals surface area contributed by atoms with Gasteiger partial charge in [-0.3, -0.25) is 5.43 Å². The van der Waals surface area contributed by atoms with Gasteiger partial charge in [-0.25, -0.2) is 0 Å². The van der Waals surface area contributed by atoms with Crippen molar-refractivity contribution in [3.63, 3.8) is 0 Å². The molecule has 0 aliphatic heterocycles. The minimum atomic E-state index is 0.579. The van der Waals surface area contributed by atoms with Gasteiger partial charge >= 0.3 is 0 Å². The van der Waals surface area contributed by atoms with Gasteiger partial charge in [0.2, 0.25) is 0 Å². The summed E-state index contributed by atoms with van der Waals surface area (Å²) in [6.45, 7) is 3.22. The van der Waals surface area contributed by atoms with Crippen LogP contribution in [0.2, 0.25) is 0 Å². The molecule has 0 aliphatic carbocycles. The van der Waals surface area contributed by atoms with Gasteiger partial charge in [0.05, 0.1) is 18.8 Å². The summed E-state index contributed by atoms with van der Waals surface area (Å²) in [5.74, 6) is 0. The van der Waals surface area contributed by atoms with E-state index in [-0.39, 0.29) is 0 Å². The highest BCUT2D eigenvalue weighted by molar-refractivity contribution is 5.43. The first kappa shape index (κ1) is 10.7. The molecule has 0 saturated heterocycles. The maximum Gasteiger partial charge on any atom is 0.0854 e. The average molecular weight is 193 g/mol. The summed E-state index contributed by atoms with van der Waals surface area (Å²) in [6, 6.07) is 7.97. The fourth-order valence-corrected chi connectivity index (χ4v) is 0.903. The lowest BCUT2D eigenvalue weighted by molar-refractivity contribution is 0.206. The van der Waals surface area contributed by atoms with Crippen LogP contribution >= 0.6 is 0 Å². The largest absolute Gasteiger partial charge is 0.383 e. The highest BCUT2D eigenvalue weighted by Crippen LogP contribution is 2.07. The molecule has 0 amide bonds. The molecule has 76 valence electrons. The first-order valence-corrected chi connectivity index (χ1v) is 4.51. The molecule has 0 radical (unpaired) electrons. The third kappa shape index (κ3) is 4.00. The number of ether oxygens (including phenoxy) is 1. The highest BCUT2D eigenvalue weighted by Gasteiger charge is 1.87. The van der Waals surface area contributed by atoms with Gasteiger partial charge in [-0.05, 0) is 19.1 Å². The number of benzene rings is 1. The smallest absolute Gasteiger partial charge is 0.0854 e. The lowest BCUT2D eigenvalue weighted by Crippen LogP contribution is -1.93. The predicted molar refractivity (Wildman–Crippen MR) is 56.4 cm³/mol. The Morgan fingerprint density at radius 1 is 1.29 bits per heavy atom. The second-order valence-corrected chi connectivity index (χ2v) is 2.94. The van der Waals surface area contributed by atoms with Crippen LogP contribution in [0, 0.1) is 6.92 Å². The van der Waals surface area contributed by atoms with Gasteiger partial charge in [0.25, 0.3) is 0 Å². The molecule has 0 spiro atoms. The van der Waals surface area contributed by atoms with E-state index < -0.39 is 0 Å². The van der Waals surface area contributed by atoms with Gasteiger partial charge < -0.3 is 4.74 Å². The average Bonchev–Trinajstić information content (AvgIpc) is 2.21. The van der Waals surface area contributed by atoms with Crippen LogP contribution in [0.5, 0.6) is 0 Å². The maximum atomic E-state index is 4.83. The first-order chi connectivity index (χ1) is 6.83. The van der Waals surface area contributed by atoms with Crippen LogP contribution in [0.1, 0.15) is 5.56 Å². The number of hydrogen-bond acceptors (Lipinski definition) is 3. The highest BCUT2D eigenvalue weighted by atomic mass is 16.5. The van der Waals surface area contributed by atoms with E-state index in [1.165, 1.54) is 5.56 Å². The van der Waals surface area contributed by atoms with E-state index in [2.05, 4.69) is 15.8 Å². The van der Waals surface area contributed by atoms with Crippen molar-refractivity contribution >= 4 is 5.69 Å². The fourth-order valence-electron chi connectivity index (χ4n) is 0.903. The molecule has 1 rings (SSSR count). The van der Waals surface area contributed by atoms with Crippen molar-refractivity contribution in [3.05, 3.63) is 29.8 Å². The summed E-state index contributed by atoms with van der Waals surface area (Å²) in [7, 11) is 1.64. The van der Waals surface area contributed by atoms with Crippen LogP contribution in [0.15, 0.2) is 34.6 Å². The van der Waals surface area contributed by atoms with Crippen molar-refractivity contribution in [2.24, 2.45) is 10.3 Å². The minimum absolute atomic E-state index is 0.579.